The highest BCUT2D eigenvalue weighted by Gasteiger charge is 2.50. The van der Waals surface area contributed by atoms with Gasteiger partial charge in [0.25, 0.3) is 0 Å². The van der Waals surface area contributed by atoms with Gasteiger partial charge in [0.1, 0.15) is 0 Å². The number of alkyl halides is 3. The average molecular weight is 413 g/mol. The van der Waals surface area contributed by atoms with Gasteiger partial charge in [-0.15, -0.1) is 0 Å². The SMILES string of the molecule is CN=C(NCC1CCN(S(=O)(=O)C(F)(F)F)CC1)NCC1CCCC(C)C1. The van der Waals surface area contributed by atoms with Crippen LogP contribution in [0.2, 0.25) is 0 Å². The summed E-state index contributed by atoms with van der Waals surface area (Å²) in [4.78, 5) is 4.20. The second-order valence-electron chi connectivity index (χ2n) is 7.77. The normalized spacial score (nSPS) is 26.8. The second-order valence-corrected chi connectivity index (χ2v) is 9.69. The molecule has 2 aliphatic rings. The zero-order chi connectivity index (χ0) is 20.1. The third-order valence-corrected chi connectivity index (χ3v) is 7.22. The Bertz CT molecular complexity index is 602. The summed E-state index contributed by atoms with van der Waals surface area (Å²) in [6, 6.07) is 0. The van der Waals surface area contributed by atoms with Gasteiger partial charge in [0.15, 0.2) is 5.96 Å². The van der Waals surface area contributed by atoms with Crippen molar-refractivity contribution < 1.29 is 21.6 Å². The van der Waals surface area contributed by atoms with Crippen molar-refractivity contribution >= 4 is 16.0 Å². The Labute approximate surface area is 160 Å². The van der Waals surface area contributed by atoms with E-state index in [1.807, 2.05) is 0 Å². The number of sulfonamides is 1. The number of hydrogen-bond donors (Lipinski definition) is 2. The Morgan fingerprint density at radius 3 is 2.19 bits per heavy atom. The van der Waals surface area contributed by atoms with Crippen molar-refractivity contribution in [1.82, 2.24) is 14.9 Å². The van der Waals surface area contributed by atoms with E-state index >= 15 is 0 Å². The largest absolute Gasteiger partial charge is 0.511 e. The standard InChI is InChI=1S/C17H31F3N4O2S/c1-13-4-3-5-15(10-13)12-23-16(21-2)22-11-14-6-8-24(9-7-14)27(25,26)17(18,19)20/h13-15H,3-12H2,1-2H3,(H2,21,22,23). The molecule has 158 valence electrons. The van der Waals surface area contributed by atoms with E-state index in [1.165, 1.54) is 25.7 Å². The van der Waals surface area contributed by atoms with Crippen molar-refractivity contribution in [1.29, 1.82) is 0 Å². The van der Waals surface area contributed by atoms with Crippen molar-refractivity contribution in [2.75, 3.05) is 33.2 Å². The summed E-state index contributed by atoms with van der Waals surface area (Å²) in [5.41, 5.74) is -5.22. The highest BCUT2D eigenvalue weighted by Crippen LogP contribution is 2.30. The first-order valence-electron chi connectivity index (χ1n) is 9.64. The Kier molecular flexibility index (Phi) is 7.79. The lowest BCUT2D eigenvalue weighted by molar-refractivity contribution is -0.0496. The molecule has 0 radical (unpaired) electrons. The van der Waals surface area contributed by atoms with E-state index < -0.39 is 15.5 Å². The van der Waals surface area contributed by atoms with Gasteiger partial charge in [-0.3, -0.25) is 4.99 Å². The molecule has 1 saturated heterocycles. The molecule has 0 spiro atoms. The lowest BCUT2D eigenvalue weighted by atomic mass is 9.82. The van der Waals surface area contributed by atoms with Crippen molar-refractivity contribution in [2.45, 2.75) is 51.0 Å². The summed E-state index contributed by atoms with van der Waals surface area (Å²) in [5.74, 6) is 2.22. The van der Waals surface area contributed by atoms with Gasteiger partial charge < -0.3 is 10.6 Å². The Hall–Kier alpha value is -1.03. The Balaban J connectivity index is 1.72. The van der Waals surface area contributed by atoms with Gasteiger partial charge >= 0.3 is 15.5 Å². The van der Waals surface area contributed by atoms with Crippen LogP contribution in [0.3, 0.4) is 0 Å². The molecule has 0 amide bonds. The molecule has 0 aromatic rings. The smallest absolute Gasteiger partial charge is 0.356 e. The molecule has 0 bridgehead atoms. The van der Waals surface area contributed by atoms with Crippen LogP contribution in [0.1, 0.15) is 45.4 Å². The molecular formula is C17H31F3N4O2S. The van der Waals surface area contributed by atoms with Gasteiger partial charge in [-0.25, -0.2) is 8.42 Å². The van der Waals surface area contributed by atoms with Crippen LogP contribution in [0.5, 0.6) is 0 Å². The van der Waals surface area contributed by atoms with Gasteiger partial charge in [0.2, 0.25) is 0 Å². The van der Waals surface area contributed by atoms with Crippen LogP contribution < -0.4 is 10.6 Å². The van der Waals surface area contributed by atoms with E-state index in [0.717, 1.165) is 12.5 Å². The van der Waals surface area contributed by atoms with Crippen LogP contribution in [-0.2, 0) is 10.0 Å². The summed E-state index contributed by atoms with van der Waals surface area (Å²) in [6.45, 7) is 3.53. The minimum Gasteiger partial charge on any atom is -0.356 e. The fourth-order valence-corrected chi connectivity index (χ4v) is 4.93. The summed E-state index contributed by atoms with van der Waals surface area (Å²) in [7, 11) is -3.52. The predicted molar refractivity (Wildman–Crippen MR) is 99.8 cm³/mol. The van der Waals surface area contributed by atoms with Gasteiger partial charge in [-0.05, 0) is 43.4 Å². The molecule has 10 heteroatoms. The highest BCUT2D eigenvalue weighted by atomic mass is 32.2. The molecule has 0 aromatic heterocycles. The van der Waals surface area contributed by atoms with Crippen molar-refractivity contribution in [2.24, 2.45) is 22.7 Å². The minimum atomic E-state index is -5.22. The molecular weight excluding hydrogens is 381 g/mol. The molecule has 1 heterocycles. The van der Waals surface area contributed by atoms with Gasteiger partial charge in [0, 0.05) is 33.2 Å². The van der Waals surface area contributed by atoms with Crippen molar-refractivity contribution in [3.63, 3.8) is 0 Å². The van der Waals surface area contributed by atoms with E-state index in [4.69, 9.17) is 0 Å². The summed E-state index contributed by atoms with van der Waals surface area (Å²) in [5, 5.41) is 6.56. The van der Waals surface area contributed by atoms with Gasteiger partial charge in [-0.2, -0.15) is 17.5 Å². The average Bonchev–Trinajstić information content (AvgIpc) is 2.61. The monoisotopic (exact) mass is 412 g/mol. The number of halogens is 3. The summed E-state index contributed by atoms with van der Waals surface area (Å²) >= 11 is 0. The maximum Gasteiger partial charge on any atom is 0.511 e. The van der Waals surface area contributed by atoms with Crippen LogP contribution in [0.4, 0.5) is 13.2 Å². The van der Waals surface area contributed by atoms with E-state index in [-0.39, 0.29) is 19.0 Å². The fourth-order valence-electron chi connectivity index (χ4n) is 3.95. The van der Waals surface area contributed by atoms with Gasteiger partial charge in [0.05, 0.1) is 0 Å². The third-order valence-electron chi connectivity index (χ3n) is 5.59. The molecule has 2 atom stereocenters. The van der Waals surface area contributed by atoms with Gasteiger partial charge in [-0.1, -0.05) is 19.8 Å². The first-order chi connectivity index (χ1) is 12.6. The Morgan fingerprint density at radius 1 is 1.07 bits per heavy atom. The fraction of sp³-hybridized carbons (Fsp3) is 0.941. The minimum absolute atomic E-state index is 0.0970. The zero-order valence-electron chi connectivity index (χ0n) is 16.1. The number of aliphatic imine (C=N–C) groups is 1. The zero-order valence-corrected chi connectivity index (χ0v) is 16.9. The van der Waals surface area contributed by atoms with E-state index in [0.29, 0.717) is 35.6 Å². The molecule has 2 rings (SSSR count). The molecule has 1 aliphatic carbocycles. The van der Waals surface area contributed by atoms with Crippen LogP contribution in [0, 0.1) is 17.8 Å². The topological polar surface area (TPSA) is 73.8 Å². The quantitative estimate of drug-likeness (QED) is 0.538. The Morgan fingerprint density at radius 2 is 1.67 bits per heavy atom. The maximum absolute atomic E-state index is 12.6. The molecule has 0 aromatic carbocycles. The number of nitrogens with zero attached hydrogens (tertiary/aromatic N) is 2. The van der Waals surface area contributed by atoms with E-state index in [9.17, 15) is 21.6 Å². The lowest BCUT2D eigenvalue weighted by Crippen LogP contribution is -2.47. The lowest BCUT2D eigenvalue weighted by Gasteiger charge is -2.32. The van der Waals surface area contributed by atoms with Crippen molar-refractivity contribution in [3.05, 3.63) is 0 Å². The number of nitrogens with one attached hydrogen (secondary N) is 2. The first kappa shape index (κ1) is 22.3. The molecule has 1 saturated carbocycles. The first-order valence-corrected chi connectivity index (χ1v) is 11.1. The third kappa shape index (κ3) is 6.23. The molecule has 6 nitrogen and oxygen atoms in total. The molecule has 2 unspecified atom stereocenters. The molecule has 2 N–H and O–H groups in total. The van der Waals surface area contributed by atoms with Crippen LogP contribution in [0.15, 0.2) is 4.99 Å². The van der Waals surface area contributed by atoms with Crippen LogP contribution in [0.25, 0.3) is 0 Å². The molecule has 2 fully saturated rings. The van der Waals surface area contributed by atoms with E-state index in [2.05, 4.69) is 22.5 Å². The molecule has 27 heavy (non-hydrogen) atoms. The number of guanidine groups is 1. The highest BCUT2D eigenvalue weighted by molar-refractivity contribution is 7.90. The number of piperidine rings is 1. The second kappa shape index (κ2) is 9.45. The van der Waals surface area contributed by atoms with E-state index in [1.54, 1.807) is 7.05 Å². The number of hydrogen-bond acceptors (Lipinski definition) is 3. The molecule has 1 aliphatic heterocycles. The van der Waals surface area contributed by atoms with Crippen LogP contribution in [-0.4, -0.2) is 57.4 Å². The summed E-state index contributed by atoms with van der Waals surface area (Å²) in [6.07, 6.45) is 5.81. The van der Waals surface area contributed by atoms with Crippen LogP contribution >= 0.6 is 0 Å². The predicted octanol–water partition coefficient (Wildman–Crippen LogP) is 2.54. The maximum atomic E-state index is 12.6. The summed E-state index contributed by atoms with van der Waals surface area (Å²) < 4.78 is 61.3. The van der Waals surface area contributed by atoms with Crippen molar-refractivity contribution in [3.8, 4) is 0 Å². The number of rotatable bonds is 5.